The molecule has 1 heterocycles. The number of carboxylic acids is 2. The van der Waals surface area contributed by atoms with Crippen LogP contribution in [0.5, 0.6) is 0 Å². The monoisotopic (exact) mass is 630 g/mol. The molecule has 0 radical (unpaired) electrons. The number of carboxylic acid groups (broad SMARTS) is 2. The summed E-state index contributed by atoms with van der Waals surface area (Å²) in [6.07, 6.45) is 2.90. The van der Waals surface area contributed by atoms with E-state index in [1.807, 2.05) is 0 Å². The van der Waals surface area contributed by atoms with Crippen molar-refractivity contribution in [3.05, 3.63) is 0 Å². The Bertz CT molecular complexity index is 1010. The number of rotatable bonds is 21. The van der Waals surface area contributed by atoms with Gasteiger partial charge in [-0.2, -0.15) is 0 Å². The number of thioether (sulfide) groups is 1. The zero-order chi connectivity index (χ0) is 32.7. The largest absolute Gasteiger partial charge is 0.480 e. The lowest BCUT2D eigenvalue weighted by Gasteiger charge is -2.24. The number of nitrogens with two attached hydrogens (primary N) is 2. The lowest BCUT2D eigenvalue weighted by Crippen LogP contribution is -2.56. The first kappa shape index (κ1) is 37.8. The van der Waals surface area contributed by atoms with Crippen LogP contribution in [0.3, 0.4) is 0 Å². The molecule has 0 bridgehead atoms. The Morgan fingerprint density at radius 2 is 1.60 bits per heavy atom. The number of likely N-dealkylation sites (tertiary alicyclic amines) is 1. The number of hydrogen-bond acceptors (Lipinski definition) is 10. The smallest absolute Gasteiger partial charge is 0.326 e. The number of imide groups is 1. The predicted octanol–water partition coefficient (Wildman–Crippen LogP) is -0.837. The van der Waals surface area contributed by atoms with E-state index >= 15 is 0 Å². The average Bonchev–Trinajstić information content (AvgIpc) is 3.20. The molecule has 43 heavy (non-hydrogen) atoms. The molecule has 244 valence electrons. The van der Waals surface area contributed by atoms with E-state index in [1.165, 1.54) is 6.92 Å². The van der Waals surface area contributed by atoms with Crippen LogP contribution in [0.4, 0.5) is 0 Å². The summed E-state index contributed by atoms with van der Waals surface area (Å²) in [4.78, 5) is 86.1. The van der Waals surface area contributed by atoms with Crippen molar-refractivity contribution >= 4 is 53.2 Å². The van der Waals surface area contributed by atoms with Crippen LogP contribution in [0.15, 0.2) is 0 Å². The van der Waals surface area contributed by atoms with E-state index in [-0.39, 0.29) is 55.2 Å². The van der Waals surface area contributed by atoms with Gasteiger partial charge in [-0.05, 0) is 51.5 Å². The highest BCUT2D eigenvalue weighted by Gasteiger charge is 2.38. The Balaban J connectivity index is 2.47. The molecule has 0 aromatic carbocycles. The van der Waals surface area contributed by atoms with Crippen molar-refractivity contribution in [3.8, 4) is 0 Å². The van der Waals surface area contributed by atoms with Crippen molar-refractivity contribution in [2.24, 2.45) is 17.4 Å². The second-order valence-corrected chi connectivity index (χ2v) is 12.1. The molecule has 0 aromatic heterocycles. The fourth-order valence-corrected chi connectivity index (χ4v) is 5.35. The SMILES string of the molecule is CC(C)[C@H](NC(=O)CCCCCN1C(=O)CC(SC[C@H](N)C(=O)O)C1=O)C(=O)N[C@@H](C)C(=O)N[C@@H](CCCCN)C(=O)O. The molecule has 0 aliphatic carbocycles. The molecule has 0 saturated carbocycles. The molecular weight excluding hydrogens is 584 g/mol. The summed E-state index contributed by atoms with van der Waals surface area (Å²) in [6.45, 7) is 5.49. The maximum absolute atomic E-state index is 12.9. The van der Waals surface area contributed by atoms with Gasteiger partial charge in [0.25, 0.3) is 0 Å². The zero-order valence-corrected chi connectivity index (χ0v) is 25.8. The second kappa shape index (κ2) is 19.1. The van der Waals surface area contributed by atoms with Gasteiger partial charge >= 0.3 is 11.9 Å². The van der Waals surface area contributed by atoms with Gasteiger partial charge in [-0.15, -0.1) is 11.8 Å². The molecule has 16 heteroatoms. The minimum Gasteiger partial charge on any atom is -0.480 e. The van der Waals surface area contributed by atoms with Crippen LogP contribution in [0.1, 0.15) is 72.1 Å². The average molecular weight is 631 g/mol. The molecular formula is C27H46N6O9S. The summed E-state index contributed by atoms with van der Waals surface area (Å²) in [5.74, 6) is -4.97. The number of aliphatic carboxylic acids is 2. The molecule has 0 aromatic rings. The molecule has 0 spiro atoms. The fourth-order valence-electron chi connectivity index (χ4n) is 4.24. The lowest BCUT2D eigenvalue weighted by atomic mass is 10.0. The lowest BCUT2D eigenvalue weighted by molar-refractivity contribution is -0.142. The fraction of sp³-hybridized carbons (Fsp3) is 0.741. The van der Waals surface area contributed by atoms with Gasteiger partial charge in [0.05, 0.1) is 5.25 Å². The highest BCUT2D eigenvalue weighted by atomic mass is 32.2. The van der Waals surface area contributed by atoms with Crippen LogP contribution in [0, 0.1) is 5.92 Å². The van der Waals surface area contributed by atoms with Crippen molar-refractivity contribution in [2.75, 3.05) is 18.8 Å². The molecule has 5 amide bonds. The highest BCUT2D eigenvalue weighted by molar-refractivity contribution is 8.00. The molecule has 1 aliphatic rings. The molecule has 1 aliphatic heterocycles. The summed E-state index contributed by atoms with van der Waals surface area (Å²) in [6, 6.07) is -4.19. The minimum atomic E-state index is -1.18. The second-order valence-electron chi connectivity index (χ2n) is 10.9. The third-order valence-corrected chi connectivity index (χ3v) is 8.18. The summed E-state index contributed by atoms with van der Waals surface area (Å²) in [5.41, 5.74) is 10.9. The van der Waals surface area contributed by atoms with Crippen LogP contribution in [0.2, 0.25) is 0 Å². The summed E-state index contributed by atoms with van der Waals surface area (Å²) < 4.78 is 0. The van der Waals surface area contributed by atoms with E-state index in [0.29, 0.717) is 38.6 Å². The Hall–Kier alpha value is -3.24. The molecule has 1 rings (SSSR count). The highest BCUT2D eigenvalue weighted by Crippen LogP contribution is 2.26. The van der Waals surface area contributed by atoms with E-state index in [2.05, 4.69) is 16.0 Å². The van der Waals surface area contributed by atoms with Gasteiger partial charge in [0, 0.05) is 25.1 Å². The maximum Gasteiger partial charge on any atom is 0.326 e. The van der Waals surface area contributed by atoms with Crippen LogP contribution >= 0.6 is 11.8 Å². The van der Waals surface area contributed by atoms with E-state index in [0.717, 1.165) is 16.7 Å². The first-order chi connectivity index (χ1) is 20.2. The van der Waals surface area contributed by atoms with Crippen molar-refractivity contribution in [3.63, 3.8) is 0 Å². The van der Waals surface area contributed by atoms with Gasteiger partial charge in [-0.3, -0.25) is 33.7 Å². The van der Waals surface area contributed by atoms with E-state index in [4.69, 9.17) is 16.6 Å². The molecule has 15 nitrogen and oxygen atoms in total. The third-order valence-electron chi connectivity index (χ3n) is 6.86. The first-order valence-electron chi connectivity index (χ1n) is 14.5. The Morgan fingerprint density at radius 3 is 2.19 bits per heavy atom. The topological polar surface area (TPSA) is 251 Å². The van der Waals surface area contributed by atoms with Crippen molar-refractivity contribution in [2.45, 2.75) is 102 Å². The Kier molecular flexibility index (Phi) is 16.8. The van der Waals surface area contributed by atoms with Crippen molar-refractivity contribution in [1.82, 2.24) is 20.9 Å². The molecule has 1 fully saturated rings. The maximum atomic E-state index is 12.9. The number of hydrogen-bond donors (Lipinski definition) is 7. The van der Waals surface area contributed by atoms with Crippen molar-refractivity contribution in [1.29, 1.82) is 0 Å². The van der Waals surface area contributed by atoms with Gasteiger partial charge in [0.15, 0.2) is 0 Å². The van der Waals surface area contributed by atoms with Crippen LogP contribution < -0.4 is 27.4 Å². The van der Waals surface area contributed by atoms with Gasteiger partial charge in [0.2, 0.25) is 29.5 Å². The number of nitrogens with one attached hydrogen (secondary N) is 3. The van der Waals surface area contributed by atoms with Crippen LogP contribution in [-0.4, -0.2) is 105 Å². The first-order valence-corrected chi connectivity index (χ1v) is 15.5. The number of carbonyl (C=O) groups is 7. The summed E-state index contributed by atoms with van der Waals surface area (Å²) in [5, 5.41) is 25.2. The standard InChI is InChI=1S/C27H46N6O9S/c1-15(2)22(24(37)30-16(3)23(36)31-18(27(41)42)9-6-7-11-28)32-20(34)10-5-4-8-12-33-21(35)13-19(25(33)38)43-14-17(29)26(39)40/h15-19,22H,4-14,28-29H2,1-3H3,(H,30,37)(H,31,36)(H,32,34)(H,39,40)(H,41,42)/t16-,17-,18-,19?,22-/m0/s1. The third kappa shape index (κ3) is 13.3. The van der Waals surface area contributed by atoms with Gasteiger partial charge in [0.1, 0.15) is 24.2 Å². The Labute approximate surface area is 255 Å². The predicted molar refractivity (Wildman–Crippen MR) is 159 cm³/mol. The number of unbranched alkanes of at least 4 members (excludes halogenated alkanes) is 3. The molecule has 9 N–H and O–H groups in total. The van der Waals surface area contributed by atoms with E-state index < -0.39 is 53.2 Å². The number of amides is 5. The summed E-state index contributed by atoms with van der Waals surface area (Å²) in [7, 11) is 0. The molecule has 1 saturated heterocycles. The van der Waals surface area contributed by atoms with Crippen LogP contribution in [-0.2, 0) is 33.6 Å². The zero-order valence-electron chi connectivity index (χ0n) is 25.0. The quantitative estimate of drug-likeness (QED) is 0.0606. The van der Waals surface area contributed by atoms with Gasteiger partial charge < -0.3 is 37.6 Å². The number of nitrogens with zero attached hydrogens (tertiary/aromatic N) is 1. The van der Waals surface area contributed by atoms with Crippen molar-refractivity contribution < 1.29 is 43.8 Å². The molecule has 5 atom stereocenters. The summed E-state index contributed by atoms with van der Waals surface area (Å²) >= 11 is 1.05. The van der Waals surface area contributed by atoms with E-state index in [9.17, 15) is 38.7 Å². The number of carbonyl (C=O) groups excluding carboxylic acids is 5. The normalized spacial score (nSPS) is 17.7. The Morgan fingerprint density at radius 1 is 0.930 bits per heavy atom. The van der Waals surface area contributed by atoms with Gasteiger partial charge in [-0.1, -0.05) is 20.3 Å². The minimum absolute atomic E-state index is 0.00783. The molecule has 1 unspecified atom stereocenters. The van der Waals surface area contributed by atoms with Gasteiger partial charge in [-0.25, -0.2) is 4.79 Å². The van der Waals surface area contributed by atoms with Crippen LogP contribution in [0.25, 0.3) is 0 Å². The van der Waals surface area contributed by atoms with E-state index in [1.54, 1.807) is 13.8 Å².